The molecular formula is C17H31NO2. The number of nitrogens with zero attached hydrogens (tertiary/aromatic N) is 1. The highest BCUT2D eigenvalue weighted by Crippen LogP contribution is 2.38. The third kappa shape index (κ3) is 3.97. The van der Waals surface area contributed by atoms with Gasteiger partial charge in [0.2, 0.25) is 0 Å². The molecule has 0 bridgehead atoms. The molecule has 0 aromatic rings. The minimum Gasteiger partial charge on any atom is -0.481 e. The first kappa shape index (κ1) is 15.8. The fourth-order valence-electron chi connectivity index (χ4n) is 4.49. The fraction of sp³-hybridized carbons (Fsp3) is 0.941. The number of aliphatic carboxylic acids is 1. The smallest absolute Gasteiger partial charge is 0.305 e. The van der Waals surface area contributed by atoms with E-state index >= 15 is 0 Å². The lowest BCUT2D eigenvalue weighted by Crippen LogP contribution is -2.51. The van der Waals surface area contributed by atoms with Crippen molar-refractivity contribution in [2.75, 3.05) is 13.6 Å². The second-order valence-corrected chi connectivity index (χ2v) is 7.37. The molecule has 2 aliphatic rings. The maximum absolute atomic E-state index is 11.3. The van der Waals surface area contributed by atoms with Crippen LogP contribution >= 0.6 is 0 Å². The van der Waals surface area contributed by atoms with E-state index in [4.69, 9.17) is 0 Å². The van der Waals surface area contributed by atoms with Crippen LogP contribution < -0.4 is 0 Å². The van der Waals surface area contributed by atoms with Gasteiger partial charge >= 0.3 is 5.97 Å². The Morgan fingerprint density at radius 3 is 2.50 bits per heavy atom. The maximum atomic E-state index is 11.3. The molecule has 1 N–H and O–H groups in total. The van der Waals surface area contributed by atoms with E-state index in [1.165, 1.54) is 44.9 Å². The van der Waals surface area contributed by atoms with E-state index in [1.54, 1.807) is 0 Å². The molecule has 0 aromatic carbocycles. The lowest BCUT2D eigenvalue weighted by Gasteiger charge is -2.46. The van der Waals surface area contributed by atoms with Crippen LogP contribution in [-0.2, 0) is 4.79 Å². The quantitative estimate of drug-likeness (QED) is 0.830. The summed E-state index contributed by atoms with van der Waals surface area (Å²) in [4.78, 5) is 13.7. The first-order valence-electron chi connectivity index (χ1n) is 8.45. The molecule has 0 aromatic heterocycles. The zero-order valence-electron chi connectivity index (χ0n) is 13.2. The van der Waals surface area contributed by atoms with Gasteiger partial charge in [-0.1, -0.05) is 39.0 Å². The van der Waals surface area contributed by atoms with Crippen molar-refractivity contribution in [3.8, 4) is 0 Å². The predicted molar refractivity (Wildman–Crippen MR) is 81.8 cm³/mol. The number of carboxylic acids is 1. The van der Waals surface area contributed by atoms with Crippen LogP contribution in [0, 0.1) is 11.8 Å². The normalized spacial score (nSPS) is 30.4. The fourth-order valence-corrected chi connectivity index (χ4v) is 4.49. The SMILES string of the molecule is CC1CCCC(CN(C)C2(CC(=O)O)CCCCC2)C1. The largest absolute Gasteiger partial charge is 0.481 e. The van der Waals surface area contributed by atoms with Gasteiger partial charge in [-0.25, -0.2) is 0 Å². The van der Waals surface area contributed by atoms with Gasteiger partial charge in [-0.2, -0.15) is 0 Å². The van der Waals surface area contributed by atoms with E-state index in [9.17, 15) is 9.90 Å². The molecule has 3 nitrogen and oxygen atoms in total. The van der Waals surface area contributed by atoms with Gasteiger partial charge in [0.1, 0.15) is 0 Å². The summed E-state index contributed by atoms with van der Waals surface area (Å²) < 4.78 is 0. The third-order valence-corrected chi connectivity index (χ3v) is 5.65. The number of rotatable bonds is 5. The molecule has 0 heterocycles. The number of hydrogen-bond donors (Lipinski definition) is 1. The average molecular weight is 281 g/mol. The van der Waals surface area contributed by atoms with Crippen molar-refractivity contribution in [3.05, 3.63) is 0 Å². The summed E-state index contributed by atoms with van der Waals surface area (Å²) in [5.74, 6) is 0.996. The Hall–Kier alpha value is -0.570. The second kappa shape index (κ2) is 6.93. The Kier molecular flexibility index (Phi) is 5.48. The standard InChI is InChI=1S/C17H31NO2/c1-14-7-6-8-15(11-14)13-18(2)17(12-16(19)20)9-4-3-5-10-17/h14-15H,3-13H2,1-2H3,(H,19,20). The monoisotopic (exact) mass is 281 g/mol. The summed E-state index contributed by atoms with van der Waals surface area (Å²) >= 11 is 0. The highest BCUT2D eigenvalue weighted by Gasteiger charge is 2.39. The van der Waals surface area contributed by atoms with Gasteiger partial charge in [0.25, 0.3) is 0 Å². The topological polar surface area (TPSA) is 40.5 Å². The van der Waals surface area contributed by atoms with Crippen LogP contribution in [0.3, 0.4) is 0 Å². The predicted octanol–water partition coefficient (Wildman–Crippen LogP) is 3.92. The Balaban J connectivity index is 1.98. The van der Waals surface area contributed by atoms with Gasteiger partial charge in [-0.15, -0.1) is 0 Å². The van der Waals surface area contributed by atoms with Crippen LogP contribution in [0.5, 0.6) is 0 Å². The molecule has 2 fully saturated rings. The van der Waals surface area contributed by atoms with Crippen molar-refractivity contribution in [1.82, 2.24) is 4.90 Å². The van der Waals surface area contributed by atoms with E-state index in [2.05, 4.69) is 18.9 Å². The van der Waals surface area contributed by atoms with Crippen molar-refractivity contribution in [2.24, 2.45) is 11.8 Å². The van der Waals surface area contributed by atoms with Gasteiger partial charge in [0.15, 0.2) is 0 Å². The second-order valence-electron chi connectivity index (χ2n) is 7.37. The van der Waals surface area contributed by atoms with E-state index in [-0.39, 0.29) is 5.54 Å². The van der Waals surface area contributed by atoms with E-state index in [0.29, 0.717) is 6.42 Å². The number of carbonyl (C=O) groups is 1. The van der Waals surface area contributed by atoms with Crippen LogP contribution in [0.15, 0.2) is 0 Å². The first-order chi connectivity index (χ1) is 9.52. The molecule has 2 atom stereocenters. The van der Waals surface area contributed by atoms with Gasteiger partial charge in [-0.05, 0) is 44.6 Å². The van der Waals surface area contributed by atoms with Gasteiger partial charge in [0.05, 0.1) is 6.42 Å². The lowest BCUT2D eigenvalue weighted by atomic mass is 9.76. The van der Waals surface area contributed by atoms with E-state index in [0.717, 1.165) is 31.2 Å². The number of carboxylic acid groups (broad SMARTS) is 1. The van der Waals surface area contributed by atoms with Crippen LogP contribution in [0.25, 0.3) is 0 Å². The minimum atomic E-state index is -0.629. The zero-order valence-corrected chi connectivity index (χ0v) is 13.2. The summed E-state index contributed by atoms with van der Waals surface area (Å²) in [7, 11) is 2.17. The van der Waals surface area contributed by atoms with Crippen LogP contribution in [-0.4, -0.2) is 35.1 Å². The molecule has 3 heteroatoms. The molecular weight excluding hydrogens is 250 g/mol. The van der Waals surface area contributed by atoms with E-state index in [1.807, 2.05) is 0 Å². The van der Waals surface area contributed by atoms with Crippen LogP contribution in [0.4, 0.5) is 0 Å². The minimum absolute atomic E-state index is 0.0647. The van der Waals surface area contributed by atoms with Crippen molar-refractivity contribution < 1.29 is 9.90 Å². The van der Waals surface area contributed by atoms with Crippen LogP contribution in [0.2, 0.25) is 0 Å². The molecule has 2 rings (SSSR count). The Bertz CT molecular complexity index is 323. The zero-order chi connectivity index (χ0) is 14.6. The summed E-state index contributed by atoms with van der Waals surface area (Å²) in [6.07, 6.45) is 11.5. The summed E-state index contributed by atoms with van der Waals surface area (Å²) in [5.41, 5.74) is -0.0647. The Morgan fingerprint density at radius 1 is 1.20 bits per heavy atom. The molecule has 2 unspecified atom stereocenters. The summed E-state index contributed by atoms with van der Waals surface area (Å²) in [5, 5.41) is 9.30. The highest BCUT2D eigenvalue weighted by molar-refractivity contribution is 5.68. The molecule has 0 amide bonds. The number of hydrogen-bond acceptors (Lipinski definition) is 2. The summed E-state index contributed by atoms with van der Waals surface area (Å²) in [6.45, 7) is 3.46. The average Bonchev–Trinajstić information content (AvgIpc) is 2.39. The first-order valence-corrected chi connectivity index (χ1v) is 8.45. The molecule has 0 spiro atoms. The van der Waals surface area contributed by atoms with Crippen molar-refractivity contribution in [1.29, 1.82) is 0 Å². The van der Waals surface area contributed by atoms with Crippen molar-refractivity contribution in [3.63, 3.8) is 0 Å². The lowest BCUT2D eigenvalue weighted by molar-refractivity contribution is -0.141. The molecule has 0 radical (unpaired) electrons. The van der Waals surface area contributed by atoms with Crippen molar-refractivity contribution in [2.45, 2.75) is 76.7 Å². The Morgan fingerprint density at radius 2 is 1.90 bits per heavy atom. The molecule has 0 aliphatic heterocycles. The van der Waals surface area contributed by atoms with Gasteiger partial charge in [0, 0.05) is 12.1 Å². The Labute approximate surface area is 123 Å². The molecule has 20 heavy (non-hydrogen) atoms. The highest BCUT2D eigenvalue weighted by atomic mass is 16.4. The maximum Gasteiger partial charge on any atom is 0.305 e. The molecule has 116 valence electrons. The van der Waals surface area contributed by atoms with Crippen LogP contribution in [0.1, 0.15) is 71.1 Å². The van der Waals surface area contributed by atoms with Crippen molar-refractivity contribution >= 4 is 5.97 Å². The van der Waals surface area contributed by atoms with Gasteiger partial charge < -0.3 is 5.11 Å². The molecule has 2 aliphatic carbocycles. The summed E-state index contributed by atoms with van der Waals surface area (Å²) in [6, 6.07) is 0. The molecule has 0 saturated heterocycles. The van der Waals surface area contributed by atoms with Gasteiger partial charge in [-0.3, -0.25) is 9.69 Å². The third-order valence-electron chi connectivity index (χ3n) is 5.65. The van der Waals surface area contributed by atoms with E-state index < -0.39 is 5.97 Å². The molecule has 2 saturated carbocycles.